The minimum absolute atomic E-state index is 0.0579. The van der Waals surface area contributed by atoms with Crippen molar-refractivity contribution in [1.82, 2.24) is 15.0 Å². The monoisotopic (exact) mass is 247 g/mol. The number of pyridine rings is 1. The van der Waals surface area contributed by atoms with Crippen LogP contribution in [0.3, 0.4) is 0 Å². The highest BCUT2D eigenvalue weighted by molar-refractivity contribution is 5.80. The van der Waals surface area contributed by atoms with Gasteiger partial charge in [0.1, 0.15) is 11.6 Å². The first kappa shape index (κ1) is 10.6. The highest BCUT2D eigenvalue weighted by Gasteiger charge is 2.12. The Labute approximate surface area is 99.9 Å². The Morgan fingerprint density at radius 3 is 2.72 bits per heavy atom. The van der Waals surface area contributed by atoms with Crippen LogP contribution >= 0.6 is 0 Å². The third-order valence-corrected chi connectivity index (χ3v) is 2.58. The van der Waals surface area contributed by atoms with E-state index < -0.39 is 11.6 Å². The summed E-state index contributed by atoms with van der Waals surface area (Å²) in [6.45, 7) is 0. The van der Waals surface area contributed by atoms with Gasteiger partial charge in [-0.3, -0.25) is 4.98 Å². The molecule has 0 aliphatic heterocycles. The lowest BCUT2D eigenvalue weighted by molar-refractivity contribution is 0.474. The van der Waals surface area contributed by atoms with Crippen LogP contribution in [0.4, 0.5) is 8.78 Å². The summed E-state index contributed by atoms with van der Waals surface area (Å²) in [5, 5.41) is 9.63. The number of fused-ring (bicyclic) bond motifs is 1. The maximum absolute atomic E-state index is 13.1. The molecule has 4 nitrogen and oxygen atoms in total. The van der Waals surface area contributed by atoms with Gasteiger partial charge in [-0.2, -0.15) is 0 Å². The second-order valence-electron chi connectivity index (χ2n) is 3.76. The van der Waals surface area contributed by atoms with Crippen LogP contribution in [0, 0.1) is 11.6 Å². The Balaban J connectivity index is 2.23. The van der Waals surface area contributed by atoms with Crippen LogP contribution in [0.15, 0.2) is 30.6 Å². The van der Waals surface area contributed by atoms with Gasteiger partial charge in [-0.25, -0.2) is 13.8 Å². The fourth-order valence-corrected chi connectivity index (χ4v) is 1.72. The standard InChI is InChI=1S/C12H7F2N3O/c13-7-3-9-10(4-8(7)14)17-12(16-9)6-1-2-15-5-11(6)18/h1-5,18H,(H,16,17). The number of benzene rings is 1. The van der Waals surface area contributed by atoms with Crippen LogP contribution in [0.2, 0.25) is 0 Å². The van der Waals surface area contributed by atoms with Crippen molar-refractivity contribution in [3.63, 3.8) is 0 Å². The first-order valence-electron chi connectivity index (χ1n) is 5.13. The fraction of sp³-hybridized carbons (Fsp3) is 0. The van der Waals surface area contributed by atoms with Crippen LogP contribution in [-0.4, -0.2) is 20.1 Å². The summed E-state index contributed by atoms with van der Waals surface area (Å²) in [5.41, 5.74) is 1.07. The number of aromatic nitrogens is 3. The molecule has 0 aliphatic carbocycles. The molecule has 0 aliphatic rings. The number of aromatic amines is 1. The summed E-state index contributed by atoms with van der Waals surface area (Å²) in [6, 6.07) is 3.59. The van der Waals surface area contributed by atoms with Gasteiger partial charge >= 0.3 is 0 Å². The zero-order chi connectivity index (χ0) is 12.7. The number of rotatable bonds is 1. The summed E-state index contributed by atoms with van der Waals surface area (Å²) in [4.78, 5) is 10.7. The van der Waals surface area contributed by atoms with Gasteiger partial charge in [0.15, 0.2) is 11.6 Å². The van der Waals surface area contributed by atoms with E-state index in [-0.39, 0.29) is 5.75 Å². The van der Waals surface area contributed by atoms with Crippen molar-refractivity contribution in [3.8, 4) is 17.1 Å². The molecular formula is C12H7F2N3O. The molecule has 0 spiro atoms. The van der Waals surface area contributed by atoms with Gasteiger partial charge in [0.25, 0.3) is 0 Å². The molecule has 0 unspecified atom stereocenters. The van der Waals surface area contributed by atoms with Gasteiger partial charge in [-0.15, -0.1) is 0 Å². The van der Waals surface area contributed by atoms with E-state index in [1.165, 1.54) is 12.4 Å². The molecule has 2 heterocycles. The molecule has 2 N–H and O–H groups in total. The number of imidazole rings is 1. The van der Waals surface area contributed by atoms with Gasteiger partial charge in [0.05, 0.1) is 22.8 Å². The predicted molar refractivity (Wildman–Crippen MR) is 60.9 cm³/mol. The molecular weight excluding hydrogens is 240 g/mol. The van der Waals surface area contributed by atoms with E-state index in [1.807, 2.05) is 0 Å². The van der Waals surface area contributed by atoms with E-state index >= 15 is 0 Å². The van der Waals surface area contributed by atoms with E-state index in [0.717, 1.165) is 12.1 Å². The molecule has 3 rings (SSSR count). The van der Waals surface area contributed by atoms with Crippen molar-refractivity contribution < 1.29 is 13.9 Å². The minimum atomic E-state index is -0.959. The summed E-state index contributed by atoms with van der Waals surface area (Å²) in [7, 11) is 0. The van der Waals surface area contributed by atoms with Crippen molar-refractivity contribution in [1.29, 1.82) is 0 Å². The summed E-state index contributed by atoms with van der Waals surface area (Å²) in [5.74, 6) is -1.64. The zero-order valence-corrected chi connectivity index (χ0v) is 8.98. The SMILES string of the molecule is Oc1cnccc1-c1nc2cc(F)c(F)cc2[nH]1. The van der Waals surface area contributed by atoms with Gasteiger partial charge in [0.2, 0.25) is 0 Å². The molecule has 0 bridgehead atoms. The van der Waals surface area contributed by atoms with E-state index in [4.69, 9.17) is 0 Å². The Hall–Kier alpha value is -2.50. The van der Waals surface area contributed by atoms with Crippen molar-refractivity contribution in [2.45, 2.75) is 0 Å². The highest BCUT2D eigenvalue weighted by atomic mass is 19.2. The van der Waals surface area contributed by atoms with Gasteiger partial charge in [-0.1, -0.05) is 0 Å². The molecule has 90 valence electrons. The average Bonchev–Trinajstić information content (AvgIpc) is 2.73. The number of hydrogen-bond donors (Lipinski definition) is 2. The zero-order valence-electron chi connectivity index (χ0n) is 8.98. The second-order valence-corrected chi connectivity index (χ2v) is 3.76. The number of H-pyrrole nitrogens is 1. The largest absolute Gasteiger partial charge is 0.506 e. The second kappa shape index (κ2) is 3.76. The lowest BCUT2D eigenvalue weighted by Crippen LogP contribution is -1.82. The number of nitrogens with one attached hydrogen (secondary N) is 1. The van der Waals surface area contributed by atoms with Gasteiger partial charge in [-0.05, 0) is 6.07 Å². The molecule has 1 aromatic carbocycles. The van der Waals surface area contributed by atoms with E-state index in [9.17, 15) is 13.9 Å². The average molecular weight is 247 g/mol. The minimum Gasteiger partial charge on any atom is -0.506 e. The van der Waals surface area contributed by atoms with Gasteiger partial charge < -0.3 is 10.1 Å². The Morgan fingerprint density at radius 1 is 1.17 bits per heavy atom. The van der Waals surface area contributed by atoms with Crippen molar-refractivity contribution in [2.24, 2.45) is 0 Å². The lowest BCUT2D eigenvalue weighted by atomic mass is 10.2. The quantitative estimate of drug-likeness (QED) is 0.694. The smallest absolute Gasteiger partial charge is 0.161 e. The van der Waals surface area contributed by atoms with Crippen molar-refractivity contribution >= 4 is 11.0 Å². The van der Waals surface area contributed by atoms with Crippen molar-refractivity contribution in [2.75, 3.05) is 0 Å². The molecule has 0 amide bonds. The molecule has 0 atom stereocenters. The molecule has 0 radical (unpaired) electrons. The maximum atomic E-state index is 13.1. The summed E-state index contributed by atoms with van der Waals surface area (Å²) >= 11 is 0. The number of halogens is 2. The maximum Gasteiger partial charge on any atom is 0.161 e. The van der Waals surface area contributed by atoms with Crippen LogP contribution in [0.5, 0.6) is 5.75 Å². The Kier molecular flexibility index (Phi) is 2.22. The molecule has 3 aromatic rings. The van der Waals surface area contributed by atoms with E-state index in [2.05, 4.69) is 15.0 Å². The normalized spacial score (nSPS) is 11.0. The van der Waals surface area contributed by atoms with Crippen molar-refractivity contribution in [3.05, 3.63) is 42.2 Å². The van der Waals surface area contributed by atoms with E-state index in [0.29, 0.717) is 22.4 Å². The molecule has 6 heteroatoms. The first-order valence-corrected chi connectivity index (χ1v) is 5.13. The highest BCUT2D eigenvalue weighted by Crippen LogP contribution is 2.27. The molecule has 0 saturated carbocycles. The summed E-state index contributed by atoms with van der Waals surface area (Å²) < 4.78 is 26.1. The molecule has 18 heavy (non-hydrogen) atoms. The van der Waals surface area contributed by atoms with Crippen LogP contribution in [0.25, 0.3) is 22.4 Å². The number of hydrogen-bond acceptors (Lipinski definition) is 3. The third kappa shape index (κ3) is 1.58. The molecule has 0 fully saturated rings. The van der Waals surface area contributed by atoms with E-state index in [1.54, 1.807) is 6.07 Å². The first-order chi connectivity index (χ1) is 8.65. The number of nitrogens with zero attached hydrogens (tertiary/aromatic N) is 2. The number of aromatic hydroxyl groups is 1. The Morgan fingerprint density at radius 2 is 1.94 bits per heavy atom. The predicted octanol–water partition coefficient (Wildman–Crippen LogP) is 2.61. The third-order valence-electron chi connectivity index (χ3n) is 2.58. The van der Waals surface area contributed by atoms with Crippen LogP contribution in [0.1, 0.15) is 0 Å². The van der Waals surface area contributed by atoms with Crippen LogP contribution in [-0.2, 0) is 0 Å². The fourth-order valence-electron chi connectivity index (χ4n) is 1.72. The topological polar surface area (TPSA) is 61.8 Å². The molecule has 2 aromatic heterocycles. The summed E-state index contributed by atoms with van der Waals surface area (Å²) in [6.07, 6.45) is 2.76. The van der Waals surface area contributed by atoms with Crippen LogP contribution < -0.4 is 0 Å². The Bertz CT molecular complexity index is 700. The lowest BCUT2D eigenvalue weighted by Gasteiger charge is -1.98. The van der Waals surface area contributed by atoms with Gasteiger partial charge in [0, 0.05) is 18.3 Å². The molecule has 0 saturated heterocycles.